The molecule has 0 saturated carbocycles. The van der Waals surface area contributed by atoms with Gasteiger partial charge in [0.25, 0.3) is 5.91 Å². The maximum atomic E-state index is 11.8. The monoisotopic (exact) mass is 364 g/mol. The Morgan fingerprint density at radius 2 is 1.96 bits per heavy atom. The molecule has 0 unspecified atom stereocenters. The van der Waals surface area contributed by atoms with Gasteiger partial charge >= 0.3 is 0 Å². The SMILES string of the molecule is CCCCCCCCc1nnc(NC(=O)CNC(=O)c2ccoc2)s1. The molecule has 2 amide bonds. The molecule has 2 N–H and O–H groups in total. The Morgan fingerprint density at radius 1 is 1.16 bits per heavy atom. The zero-order chi connectivity index (χ0) is 17.9. The van der Waals surface area contributed by atoms with Crippen molar-refractivity contribution >= 4 is 28.3 Å². The van der Waals surface area contributed by atoms with Gasteiger partial charge < -0.3 is 9.73 Å². The molecule has 0 aliphatic rings. The number of nitrogens with one attached hydrogen (secondary N) is 2. The van der Waals surface area contributed by atoms with E-state index in [9.17, 15) is 9.59 Å². The number of anilines is 1. The van der Waals surface area contributed by atoms with Gasteiger partial charge in [0, 0.05) is 6.42 Å². The van der Waals surface area contributed by atoms with Crippen molar-refractivity contribution < 1.29 is 14.0 Å². The van der Waals surface area contributed by atoms with Crippen LogP contribution in [0.3, 0.4) is 0 Å². The maximum Gasteiger partial charge on any atom is 0.254 e. The molecule has 136 valence electrons. The maximum absolute atomic E-state index is 11.8. The Bertz CT molecular complexity index is 655. The van der Waals surface area contributed by atoms with Crippen LogP contribution in [0.2, 0.25) is 0 Å². The molecular weight excluding hydrogens is 340 g/mol. The van der Waals surface area contributed by atoms with Gasteiger partial charge in [-0.3, -0.25) is 14.9 Å². The predicted octanol–water partition coefficient (Wildman–Crippen LogP) is 3.40. The van der Waals surface area contributed by atoms with Crippen molar-refractivity contribution in [2.75, 3.05) is 11.9 Å². The van der Waals surface area contributed by atoms with Crippen molar-refractivity contribution in [3.05, 3.63) is 29.2 Å². The normalized spacial score (nSPS) is 10.6. The van der Waals surface area contributed by atoms with Crippen molar-refractivity contribution in [3.8, 4) is 0 Å². The van der Waals surface area contributed by atoms with Gasteiger partial charge in [0.2, 0.25) is 11.0 Å². The zero-order valence-corrected chi connectivity index (χ0v) is 15.2. The van der Waals surface area contributed by atoms with Crippen molar-refractivity contribution in [3.63, 3.8) is 0 Å². The summed E-state index contributed by atoms with van der Waals surface area (Å²) < 4.78 is 4.82. The van der Waals surface area contributed by atoms with E-state index in [2.05, 4.69) is 27.8 Å². The summed E-state index contributed by atoms with van der Waals surface area (Å²) in [6, 6.07) is 1.53. The van der Waals surface area contributed by atoms with E-state index in [4.69, 9.17) is 4.42 Å². The van der Waals surface area contributed by atoms with Crippen LogP contribution in [0.15, 0.2) is 23.0 Å². The Balaban J connectivity index is 1.64. The molecule has 0 bridgehead atoms. The first-order chi connectivity index (χ1) is 12.2. The first kappa shape index (κ1) is 19.1. The summed E-state index contributed by atoms with van der Waals surface area (Å²) in [6.45, 7) is 2.08. The van der Waals surface area contributed by atoms with E-state index in [0.717, 1.165) is 17.8 Å². The standard InChI is InChI=1S/C17H24N4O3S/c1-2-3-4-5-6-7-8-15-20-21-17(25-15)19-14(22)11-18-16(23)13-9-10-24-12-13/h9-10,12H,2-8,11H2,1H3,(H,18,23)(H,19,21,22). The lowest BCUT2D eigenvalue weighted by atomic mass is 10.1. The summed E-state index contributed by atoms with van der Waals surface area (Å²) in [7, 11) is 0. The molecule has 2 rings (SSSR count). The number of nitrogens with zero attached hydrogens (tertiary/aromatic N) is 2. The lowest BCUT2D eigenvalue weighted by Crippen LogP contribution is -2.32. The molecular formula is C17H24N4O3S. The molecule has 2 heterocycles. The van der Waals surface area contributed by atoms with Gasteiger partial charge in [0.05, 0.1) is 18.4 Å². The van der Waals surface area contributed by atoms with Crippen LogP contribution >= 0.6 is 11.3 Å². The largest absolute Gasteiger partial charge is 0.472 e. The van der Waals surface area contributed by atoms with Gasteiger partial charge in [0.15, 0.2) is 0 Å². The Kier molecular flexibility index (Phi) is 8.11. The molecule has 2 aromatic rings. The first-order valence-electron chi connectivity index (χ1n) is 8.61. The number of carbonyl (C=O) groups excluding carboxylic acids is 2. The summed E-state index contributed by atoms with van der Waals surface area (Å²) in [5, 5.41) is 14.6. The van der Waals surface area contributed by atoms with Crippen LogP contribution in [0.1, 0.15) is 60.8 Å². The second kappa shape index (κ2) is 10.6. The number of hydrogen-bond acceptors (Lipinski definition) is 6. The van der Waals surface area contributed by atoms with Crippen LogP contribution in [-0.4, -0.2) is 28.6 Å². The minimum absolute atomic E-state index is 0.129. The molecule has 25 heavy (non-hydrogen) atoms. The van der Waals surface area contributed by atoms with Crippen molar-refractivity contribution in [2.24, 2.45) is 0 Å². The van der Waals surface area contributed by atoms with Crippen molar-refractivity contribution in [1.82, 2.24) is 15.5 Å². The van der Waals surface area contributed by atoms with Crippen LogP contribution in [0.5, 0.6) is 0 Å². The highest BCUT2D eigenvalue weighted by Gasteiger charge is 2.11. The molecule has 7 nitrogen and oxygen atoms in total. The van der Waals surface area contributed by atoms with Crippen molar-refractivity contribution in [1.29, 1.82) is 0 Å². The lowest BCUT2D eigenvalue weighted by Gasteiger charge is -2.02. The highest BCUT2D eigenvalue weighted by Crippen LogP contribution is 2.17. The van der Waals surface area contributed by atoms with Crippen molar-refractivity contribution in [2.45, 2.75) is 51.9 Å². The van der Waals surface area contributed by atoms with Gasteiger partial charge in [-0.25, -0.2) is 0 Å². The molecule has 0 aromatic carbocycles. The number of hydrogen-bond donors (Lipinski definition) is 2. The highest BCUT2D eigenvalue weighted by atomic mass is 32.1. The summed E-state index contributed by atoms with van der Waals surface area (Å²) in [5.74, 6) is -0.691. The number of carbonyl (C=O) groups is 2. The average Bonchev–Trinajstić information content (AvgIpc) is 3.28. The van der Waals surface area contributed by atoms with Crippen LogP contribution in [0, 0.1) is 0 Å². The summed E-state index contributed by atoms with van der Waals surface area (Å²) >= 11 is 1.38. The van der Waals surface area contributed by atoms with E-state index in [-0.39, 0.29) is 18.4 Å². The summed E-state index contributed by atoms with van der Waals surface area (Å²) in [5.41, 5.74) is 0.380. The molecule has 0 saturated heterocycles. The average molecular weight is 364 g/mol. The molecule has 0 spiro atoms. The summed E-state index contributed by atoms with van der Waals surface area (Å²) in [4.78, 5) is 23.5. The smallest absolute Gasteiger partial charge is 0.254 e. The second-order valence-corrected chi connectivity index (χ2v) is 6.82. The number of aryl methyl sites for hydroxylation is 1. The fraction of sp³-hybridized carbons (Fsp3) is 0.529. The number of rotatable bonds is 11. The Labute approximate surface area is 151 Å². The van der Waals surface area contributed by atoms with Crippen LogP contribution in [0.25, 0.3) is 0 Å². The highest BCUT2D eigenvalue weighted by molar-refractivity contribution is 7.15. The molecule has 0 atom stereocenters. The van der Waals surface area contributed by atoms with E-state index in [1.54, 1.807) is 0 Å². The third-order valence-electron chi connectivity index (χ3n) is 3.65. The minimum atomic E-state index is -0.357. The van der Waals surface area contributed by atoms with Crippen LogP contribution in [0.4, 0.5) is 5.13 Å². The molecule has 0 aliphatic carbocycles. The van der Waals surface area contributed by atoms with Gasteiger partial charge in [-0.2, -0.15) is 0 Å². The molecule has 0 radical (unpaired) electrons. The van der Waals surface area contributed by atoms with Crippen LogP contribution in [-0.2, 0) is 11.2 Å². The van der Waals surface area contributed by atoms with Crippen LogP contribution < -0.4 is 10.6 Å². The Hall–Kier alpha value is -2.22. The van der Waals surface area contributed by atoms with E-state index in [0.29, 0.717) is 10.7 Å². The fourth-order valence-corrected chi connectivity index (χ4v) is 3.08. The molecule has 2 aromatic heterocycles. The third-order valence-corrected chi connectivity index (χ3v) is 4.55. The quantitative estimate of drug-likeness (QED) is 0.596. The first-order valence-corrected chi connectivity index (χ1v) is 9.43. The van der Waals surface area contributed by atoms with Gasteiger partial charge in [-0.1, -0.05) is 50.4 Å². The second-order valence-electron chi connectivity index (χ2n) is 5.76. The van der Waals surface area contributed by atoms with E-state index in [1.807, 2.05) is 0 Å². The van der Waals surface area contributed by atoms with Gasteiger partial charge in [0.1, 0.15) is 11.3 Å². The van der Waals surface area contributed by atoms with Gasteiger partial charge in [-0.15, -0.1) is 10.2 Å². The molecule has 8 heteroatoms. The van der Waals surface area contributed by atoms with E-state index < -0.39 is 0 Å². The molecule has 0 aliphatic heterocycles. The van der Waals surface area contributed by atoms with E-state index in [1.165, 1.54) is 62.0 Å². The Morgan fingerprint density at radius 3 is 2.72 bits per heavy atom. The van der Waals surface area contributed by atoms with Gasteiger partial charge in [-0.05, 0) is 12.5 Å². The molecule has 0 fully saturated rings. The number of amides is 2. The third kappa shape index (κ3) is 7.04. The summed E-state index contributed by atoms with van der Waals surface area (Å²) in [6.07, 6.45) is 11.0. The minimum Gasteiger partial charge on any atom is -0.472 e. The number of unbranched alkanes of at least 4 members (excludes halogenated alkanes) is 5. The lowest BCUT2D eigenvalue weighted by molar-refractivity contribution is -0.115. The van der Waals surface area contributed by atoms with E-state index >= 15 is 0 Å². The number of furan rings is 1. The number of aromatic nitrogens is 2. The zero-order valence-electron chi connectivity index (χ0n) is 14.4. The predicted molar refractivity (Wildman–Crippen MR) is 96.7 cm³/mol. The fourth-order valence-electron chi connectivity index (χ4n) is 2.28. The topological polar surface area (TPSA) is 97.1 Å².